The Morgan fingerprint density at radius 3 is 2.59 bits per heavy atom. The Kier molecular flexibility index (Phi) is 7.75. The summed E-state index contributed by atoms with van der Waals surface area (Å²) in [6.07, 6.45) is 2.85. The molecule has 1 saturated heterocycles. The van der Waals surface area contributed by atoms with Crippen LogP contribution >= 0.6 is 39.9 Å². The molecule has 0 radical (unpaired) electrons. The zero-order valence-corrected chi connectivity index (χ0v) is 19.5. The van der Waals surface area contributed by atoms with Gasteiger partial charge in [-0.15, -0.1) is 0 Å². The maximum atomic E-state index is 12.0. The SMILES string of the molecule is CC[C@@H](C)c1ccccc1OCCOc1ccc(Br)cc1/C=C1\SC(=S)NC1=O. The number of thioether (sulfide) groups is 1. The number of halogens is 1. The molecule has 1 fully saturated rings. The molecule has 1 heterocycles. The molecule has 0 saturated carbocycles. The average Bonchev–Trinajstić information content (AvgIpc) is 3.03. The predicted molar refractivity (Wildman–Crippen MR) is 127 cm³/mol. The fourth-order valence-corrected chi connectivity index (χ4v) is 4.28. The van der Waals surface area contributed by atoms with Crippen molar-refractivity contribution in [2.75, 3.05) is 13.2 Å². The highest BCUT2D eigenvalue weighted by Crippen LogP contribution is 2.31. The molecule has 7 heteroatoms. The van der Waals surface area contributed by atoms with Gasteiger partial charge in [-0.3, -0.25) is 4.79 Å². The van der Waals surface area contributed by atoms with Gasteiger partial charge in [-0.1, -0.05) is 72.0 Å². The van der Waals surface area contributed by atoms with Gasteiger partial charge in [0.25, 0.3) is 5.91 Å². The molecule has 0 bridgehead atoms. The largest absolute Gasteiger partial charge is 0.490 e. The van der Waals surface area contributed by atoms with Crippen molar-refractivity contribution < 1.29 is 14.3 Å². The van der Waals surface area contributed by atoms with Gasteiger partial charge in [-0.25, -0.2) is 0 Å². The number of benzene rings is 2. The summed E-state index contributed by atoms with van der Waals surface area (Å²) in [5.74, 6) is 1.84. The molecule has 2 aromatic carbocycles. The van der Waals surface area contributed by atoms with E-state index in [0.29, 0.717) is 34.1 Å². The molecular formula is C22H22BrNO3S2. The number of carbonyl (C=O) groups is 1. The molecule has 4 nitrogen and oxygen atoms in total. The van der Waals surface area contributed by atoms with E-state index in [2.05, 4.69) is 41.2 Å². The second kappa shape index (κ2) is 10.3. The third kappa shape index (κ3) is 5.84. The lowest BCUT2D eigenvalue weighted by Crippen LogP contribution is -2.17. The molecule has 0 unspecified atom stereocenters. The Morgan fingerprint density at radius 2 is 1.90 bits per heavy atom. The molecule has 3 rings (SSSR count). The van der Waals surface area contributed by atoms with Crippen molar-refractivity contribution in [2.45, 2.75) is 26.2 Å². The number of amides is 1. The van der Waals surface area contributed by atoms with Crippen LogP contribution in [-0.4, -0.2) is 23.4 Å². The molecule has 1 amide bonds. The van der Waals surface area contributed by atoms with Gasteiger partial charge >= 0.3 is 0 Å². The van der Waals surface area contributed by atoms with Crippen LogP contribution in [0.1, 0.15) is 37.3 Å². The van der Waals surface area contributed by atoms with Crippen LogP contribution in [0.2, 0.25) is 0 Å². The third-order valence-corrected chi connectivity index (χ3v) is 6.22. The lowest BCUT2D eigenvalue weighted by molar-refractivity contribution is -0.115. The maximum absolute atomic E-state index is 12.0. The van der Waals surface area contributed by atoms with Crippen LogP contribution in [0, 0.1) is 0 Å². The van der Waals surface area contributed by atoms with Gasteiger partial charge in [0.05, 0.1) is 4.91 Å². The zero-order valence-electron chi connectivity index (χ0n) is 16.2. The van der Waals surface area contributed by atoms with Gasteiger partial charge in [-0.2, -0.15) is 0 Å². The molecule has 0 aromatic heterocycles. The Bertz CT molecular complexity index is 945. The molecule has 1 N–H and O–H groups in total. The van der Waals surface area contributed by atoms with Crippen molar-refractivity contribution in [2.24, 2.45) is 0 Å². The van der Waals surface area contributed by atoms with Crippen LogP contribution < -0.4 is 14.8 Å². The van der Waals surface area contributed by atoms with Crippen molar-refractivity contribution in [3.63, 3.8) is 0 Å². The number of para-hydroxylation sites is 1. The minimum Gasteiger partial charge on any atom is -0.490 e. The number of hydrogen-bond acceptors (Lipinski definition) is 5. The van der Waals surface area contributed by atoms with E-state index < -0.39 is 0 Å². The van der Waals surface area contributed by atoms with Gasteiger partial charge in [0.2, 0.25) is 0 Å². The molecule has 1 aliphatic heterocycles. The summed E-state index contributed by atoms with van der Waals surface area (Å²) in [5.41, 5.74) is 2.02. The highest BCUT2D eigenvalue weighted by Gasteiger charge is 2.22. The normalized spacial score (nSPS) is 16.0. The number of carbonyl (C=O) groups excluding carboxylic acids is 1. The Balaban J connectivity index is 1.66. The van der Waals surface area contributed by atoms with Crippen molar-refractivity contribution in [3.8, 4) is 11.5 Å². The van der Waals surface area contributed by atoms with E-state index >= 15 is 0 Å². The van der Waals surface area contributed by atoms with Gasteiger partial charge in [-0.05, 0) is 48.2 Å². The number of rotatable bonds is 8. The lowest BCUT2D eigenvalue weighted by Gasteiger charge is -2.16. The van der Waals surface area contributed by atoms with Crippen molar-refractivity contribution in [1.82, 2.24) is 5.32 Å². The van der Waals surface area contributed by atoms with Gasteiger partial charge in [0, 0.05) is 10.0 Å². The molecule has 2 aromatic rings. The first-order chi connectivity index (χ1) is 14.0. The molecule has 1 aliphatic rings. The van der Waals surface area contributed by atoms with Gasteiger partial charge in [0.1, 0.15) is 29.0 Å². The molecule has 1 atom stereocenters. The fourth-order valence-electron chi connectivity index (χ4n) is 2.87. The number of ether oxygens (including phenoxy) is 2. The molecule has 29 heavy (non-hydrogen) atoms. The third-order valence-electron chi connectivity index (χ3n) is 4.56. The van der Waals surface area contributed by atoms with E-state index in [1.165, 1.54) is 17.3 Å². The fraction of sp³-hybridized carbons (Fsp3) is 0.273. The van der Waals surface area contributed by atoms with E-state index in [-0.39, 0.29) is 5.91 Å². The topological polar surface area (TPSA) is 47.6 Å². The second-order valence-corrected chi connectivity index (χ2v) is 9.21. The van der Waals surface area contributed by atoms with E-state index in [9.17, 15) is 4.79 Å². The molecule has 0 aliphatic carbocycles. The monoisotopic (exact) mass is 491 g/mol. The number of nitrogens with one attached hydrogen (secondary N) is 1. The Hall–Kier alpha value is -1.83. The summed E-state index contributed by atoms with van der Waals surface area (Å²) in [6, 6.07) is 13.8. The van der Waals surface area contributed by atoms with E-state index in [1.807, 2.05) is 36.4 Å². The molecule has 0 spiro atoms. The minimum absolute atomic E-state index is 0.184. The van der Waals surface area contributed by atoms with E-state index in [1.54, 1.807) is 6.08 Å². The summed E-state index contributed by atoms with van der Waals surface area (Å²) >= 11 is 9.77. The second-order valence-electron chi connectivity index (χ2n) is 6.58. The Morgan fingerprint density at radius 1 is 1.17 bits per heavy atom. The summed E-state index contributed by atoms with van der Waals surface area (Å²) in [6.45, 7) is 5.19. The van der Waals surface area contributed by atoms with Crippen LogP contribution in [0.25, 0.3) is 6.08 Å². The van der Waals surface area contributed by atoms with Crippen molar-refractivity contribution in [1.29, 1.82) is 0 Å². The molecular weight excluding hydrogens is 470 g/mol. The predicted octanol–water partition coefficient (Wildman–Crippen LogP) is 5.91. The first-order valence-corrected chi connectivity index (χ1v) is 11.4. The highest BCUT2D eigenvalue weighted by atomic mass is 79.9. The molecule has 152 valence electrons. The first-order valence-electron chi connectivity index (χ1n) is 9.37. The smallest absolute Gasteiger partial charge is 0.263 e. The summed E-state index contributed by atoms with van der Waals surface area (Å²) in [7, 11) is 0. The van der Waals surface area contributed by atoms with Gasteiger partial charge in [0.15, 0.2) is 0 Å². The minimum atomic E-state index is -0.184. The quantitative estimate of drug-likeness (QED) is 0.282. The van der Waals surface area contributed by atoms with Gasteiger partial charge < -0.3 is 14.8 Å². The van der Waals surface area contributed by atoms with Crippen molar-refractivity contribution in [3.05, 3.63) is 63.0 Å². The summed E-state index contributed by atoms with van der Waals surface area (Å²) in [5, 5.41) is 2.63. The maximum Gasteiger partial charge on any atom is 0.263 e. The first kappa shape index (κ1) is 21.9. The van der Waals surface area contributed by atoms with Crippen LogP contribution in [0.5, 0.6) is 11.5 Å². The standard InChI is InChI=1S/C22H22BrNO3S2/c1-3-14(2)17-6-4-5-7-19(17)27-11-10-26-18-9-8-16(23)12-15(18)13-20-21(25)24-22(28)29-20/h4-9,12-14H,3,10-11H2,1-2H3,(H,24,25,28)/b20-13-/t14-/m1/s1. The van der Waals surface area contributed by atoms with E-state index in [4.69, 9.17) is 21.7 Å². The van der Waals surface area contributed by atoms with Crippen molar-refractivity contribution >= 4 is 56.2 Å². The average molecular weight is 492 g/mol. The summed E-state index contributed by atoms with van der Waals surface area (Å²) in [4.78, 5) is 12.5. The van der Waals surface area contributed by atoms with Crippen LogP contribution in [0.15, 0.2) is 51.8 Å². The highest BCUT2D eigenvalue weighted by molar-refractivity contribution is 9.10. The number of hydrogen-bond donors (Lipinski definition) is 1. The summed E-state index contributed by atoms with van der Waals surface area (Å²) < 4.78 is 13.3. The van der Waals surface area contributed by atoms with Crippen LogP contribution in [0.3, 0.4) is 0 Å². The number of thiocarbonyl (C=S) groups is 1. The van der Waals surface area contributed by atoms with Crippen LogP contribution in [-0.2, 0) is 4.79 Å². The zero-order chi connectivity index (χ0) is 20.8. The van der Waals surface area contributed by atoms with Crippen LogP contribution in [0.4, 0.5) is 0 Å². The van der Waals surface area contributed by atoms with E-state index in [0.717, 1.165) is 22.2 Å². The lowest BCUT2D eigenvalue weighted by atomic mass is 9.98. The Labute approximate surface area is 189 Å².